The summed E-state index contributed by atoms with van der Waals surface area (Å²) in [7, 11) is 0. The molecule has 8 heteroatoms. The van der Waals surface area contributed by atoms with Gasteiger partial charge in [0.2, 0.25) is 12.5 Å². The van der Waals surface area contributed by atoms with Crippen LogP contribution in [0, 0.1) is 0 Å². The Morgan fingerprint density at radius 3 is 1.80 bits per heavy atom. The van der Waals surface area contributed by atoms with Crippen molar-refractivity contribution < 1.29 is 37.7 Å². The van der Waals surface area contributed by atoms with Gasteiger partial charge in [-0.3, -0.25) is 14.4 Å². The van der Waals surface area contributed by atoms with Crippen molar-refractivity contribution in [2.24, 2.45) is 0 Å². The lowest BCUT2D eigenvalue weighted by Gasteiger charge is -2.40. The van der Waals surface area contributed by atoms with E-state index in [1.165, 1.54) is 6.92 Å². The van der Waals surface area contributed by atoms with Gasteiger partial charge in [0.05, 0.1) is 6.10 Å². The van der Waals surface area contributed by atoms with Gasteiger partial charge < -0.3 is 18.9 Å². The number of esters is 3. The number of hydrogen-bond acceptors (Lipinski definition) is 7. The summed E-state index contributed by atoms with van der Waals surface area (Å²) >= 11 is 0. The van der Waals surface area contributed by atoms with E-state index in [1.807, 2.05) is 0 Å². The van der Waals surface area contributed by atoms with Crippen molar-refractivity contribution in [1.29, 1.82) is 0 Å². The first-order valence-electron chi connectivity index (χ1n) is 6.03. The van der Waals surface area contributed by atoms with Gasteiger partial charge in [0.15, 0.2) is 12.2 Å². The van der Waals surface area contributed by atoms with Crippen molar-refractivity contribution in [2.75, 3.05) is 0 Å². The number of alkyl halides is 1. The molecule has 1 heterocycles. The summed E-state index contributed by atoms with van der Waals surface area (Å²) in [5.74, 6) is -2.15. The summed E-state index contributed by atoms with van der Waals surface area (Å²) in [4.78, 5) is 33.0. The third-order valence-electron chi connectivity index (χ3n) is 2.60. The number of hydrogen-bond donors (Lipinski definition) is 0. The molecule has 5 atom stereocenters. The van der Waals surface area contributed by atoms with E-state index in [4.69, 9.17) is 14.2 Å². The third-order valence-corrected chi connectivity index (χ3v) is 2.60. The average Bonchev–Trinajstić information content (AvgIpc) is 2.28. The van der Waals surface area contributed by atoms with Gasteiger partial charge in [-0.05, 0) is 6.92 Å². The molecule has 0 aromatic heterocycles. The quantitative estimate of drug-likeness (QED) is 0.552. The van der Waals surface area contributed by atoms with Crippen LogP contribution in [-0.2, 0) is 33.3 Å². The van der Waals surface area contributed by atoms with Crippen LogP contribution in [0.5, 0.6) is 0 Å². The van der Waals surface area contributed by atoms with E-state index >= 15 is 0 Å². The van der Waals surface area contributed by atoms with Crippen molar-refractivity contribution in [2.45, 2.75) is 58.5 Å². The Bertz CT molecular complexity index is 397. The highest BCUT2D eigenvalue weighted by Gasteiger charge is 2.50. The molecule has 0 amide bonds. The van der Waals surface area contributed by atoms with Crippen LogP contribution in [-0.4, -0.2) is 48.7 Å². The highest BCUT2D eigenvalue weighted by Crippen LogP contribution is 2.29. The van der Waals surface area contributed by atoms with Crippen LogP contribution >= 0.6 is 0 Å². The second-order valence-electron chi connectivity index (χ2n) is 4.41. The van der Waals surface area contributed by atoms with Gasteiger partial charge in [0, 0.05) is 20.8 Å². The molecule has 114 valence electrons. The summed E-state index contributed by atoms with van der Waals surface area (Å²) in [6.45, 7) is 4.83. The number of ether oxygens (including phenoxy) is 4. The molecule has 1 aliphatic rings. The van der Waals surface area contributed by atoms with E-state index in [-0.39, 0.29) is 0 Å². The van der Waals surface area contributed by atoms with Crippen LogP contribution in [0.3, 0.4) is 0 Å². The average molecular weight is 292 g/mol. The second-order valence-corrected chi connectivity index (χ2v) is 4.41. The molecule has 1 rings (SSSR count). The van der Waals surface area contributed by atoms with Crippen LogP contribution < -0.4 is 0 Å². The first-order chi connectivity index (χ1) is 9.22. The third kappa shape index (κ3) is 4.16. The summed E-state index contributed by atoms with van der Waals surface area (Å²) in [6, 6.07) is 0. The minimum Gasteiger partial charge on any atom is -0.456 e. The summed E-state index contributed by atoms with van der Waals surface area (Å²) in [6.07, 6.45) is -6.79. The smallest absolute Gasteiger partial charge is 0.305 e. The SMILES string of the molecule is CC(=O)OC1OC(C)C(OC(C)=O)C(OC(C)=O)C1F. The molecule has 0 saturated carbocycles. The van der Waals surface area contributed by atoms with Gasteiger partial charge in [0.25, 0.3) is 0 Å². The van der Waals surface area contributed by atoms with Gasteiger partial charge >= 0.3 is 17.9 Å². The molecule has 7 nitrogen and oxygen atoms in total. The Kier molecular flexibility index (Phi) is 5.43. The van der Waals surface area contributed by atoms with E-state index in [1.54, 1.807) is 0 Å². The van der Waals surface area contributed by atoms with Crippen molar-refractivity contribution in [3.63, 3.8) is 0 Å². The van der Waals surface area contributed by atoms with Crippen LogP contribution in [0.4, 0.5) is 4.39 Å². The standard InChI is InChI=1S/C12H17FO7/c1-5-10(18-6(2)14)11(19-7(3)15)9(13)12(17-5)20-8(4)16/h5,9-12H,1-4H3. The predicted molar refractivity (Wildman–Crippen MR) is 62.1 cm³/mol. The molecule has 1 aliphatic heterocycles. The summed E-state index contributed by atoms with van der Waals surface area (Å²) in [5.41, 5.74) is 0. The van der Waals surface area contributed by atoms with E-state index in [0.717, 1.165) is 20.8 Å². The molecule has 1 saturated heterocycles. The minimum atomic E-state index is -1.96. The second kappa shape index (κ2) is 6.65. The first kappa shape index (κ1) is 16.4. The van der Waals surface area contributed by atoms with Crippen molar-refractivity contribution in [3.05, 3.63) is 0 Å². The molecule has 1 fully saturated rings. The predicted octanol–water partition coefficient (Wildman–Crippen LogP) is 0.496. The molecular formula is C12H17FO7. The molecule has 0 spiro atoms. The highest BCUT2D eigenvalue weighted by molar-refractivity contribution is 5.68. The van der Waals surface area contributed by atoms with Crippen LogP contribution in [0.2, 0.25) is 0 Å². The molecule has 0 aliphatic carbocycles. The van der Waals surface area contributed by atoms with Gasteiger partial charge in [-0.25, -0.2) is 4.39 Å². The van der Waals surface area contributed by atoms with E-state index in [0.29, 0.717) is 0 Å². The van der Waals surface area contributed by atoms with Gasteiger partial charge in [0.1, 0.15) is 0 Å². The van der Waals surface area contributed by atoms with E-state index < -0.39 is 48.7 Å². The van der Waals surface area contributed by atoms with Gasteiger partial charge in [-0.1, -0.05) is 0 Å². The number of carbonyl (C=O) groups excluding carboxylic acids is 3. The molecule has 5 unspecified atom stereocenters. The van der Waals surface area contributed by atoms with Gasteiger partial charge in [-0.15, -0.1) is 0 Å². The minimum absolute atomic E-state index is 0.666. The maximum absolute atomic E-state index is 14.2. The fourth-order valence-corrected chi connectivity index (χ4v) is 1.90. The molecule has 0 aromatic carbocycles. The number of carbonyl (C=O) groups is 3. The summed E-state index contributed by atoms with van der Waals surface area (Å²) in [5, 5.41) is 0. The van der Waals surface area contributed by atoms with Crippen LogP contribution in [0.25, 0.3) is 0 Å². The zero-order valence-corrected chi connectivity index (χ0v) is 11.6. The fourth-order valence-electron chi connectivity index (χ4n) is 1.90. The Morgan fingerprint density at radius 1 is 0.900 bits per heavy atom. The van der Waals surface area contributed by atoms with Crippen molar-refractivity contribution >= 4 is 17.9 Å². The maximum Gasteiger partial charge on any atom is 0.305 e. The normalized spacial score (nSPS) is 33.1. The lowest BCUT2D eigenvalue weighted by molar-refractivity contribution is -0.276. The first-order valence-corrected chi connectivity index (χ1v) is 6.03. The Morgan fingerprint density at radius 2 is 1.35 bits per heavy atom. The largest absolute Gasteiger partial charge is 0.456 e. The fraction of sp³-hybridized carbons (Fsp3) is 0.750. The molecule has 0 N–H and O–H groups in total. The van der Waals surface area contributed by atoms with Crippen molar-refractivity contribution in [1.82, 2.24) is 0 Å². The highest BCUT2D eigenvalue weighted by atomic mass is 19.1. The molecule has 20 heavy (non-hydrogen) atoms. The van der Waals surface area contributed by atoms with Crippen molar-refractivity contribution in [3.8, 4) is 0 Å². The number of halogens is 1. The Balaban J connectivity index is 2.93. The van der Waals surface area contributed by atoms with Gasteiger partial charge in [-0.2, -0.15) is 0 Å². The summed E-state index contributed by atoms with van der Waals surface area (Å²) < 4.78 is 33.8. The van der Waals surface area contributed by atoms with Crippen LogP contribution in [0.1, 0.15) is 27.7 Å². The molecule has 0 aromatic rings. The van der Waals surface area contributed by atoms with E-state index in [9.17, 15) is 18.8 Å². The zero-order valence-electron chi connectivity index (χ0n) is 11.6. The van der Waals surface area contributed by atoms with Crippen LogP contribution in [0.15, 0.2) is 0 Å². The Hall–Kier alpha value is -1.70. The monoisotopic (exact) mass is 292 g/mol. The molecular weight excluding hydrogens is 275 g/mol. The number of rotatable bonds is 3. The Labute approximate surface area is 115 Å². The van der Waals surface area contributed by atoms with E-state index in [2.05, 4.69) is 4.74 Å². The lowest BCUT2D eigenvalue weighted by Crippen LogP contribution is -2.58. The maximum atomic E-state index is 14.2. The molecule has 0 radical (unpaired) electrons. The molecule has 0 bridgehead atoms. The lowest BCUT2D eigenvalue weighted by atomic mass is 10.00. The zero-order chi connectivity index (χ0) is 15.4. The topological polar surface area (TPSA) is 88.1 Å².